The standard InChI is InChI=1S/C16H27NO/c1-5-14-6-8-15(9-7-14)10-16(4,18)12-17-11-13(2)3/h6-9,13,17-18H,5,10-12H2,1-4H3. The Morgan fingerprint density at radius 3 is 2.22 bits per heavy atom. The van der Waals surface area contributed by atoms with Crippen molar-refractivity contribution in [2.75, 3.05) is 13.1 Å². The molecule has 102 valence electrons. The van der Waals surface area contributed by atoms with Crippen LogP contribution in [-0.2, 0) is 12.8 Å². The maximum absolute atomic E-state index is 10.3. The topological polar surface area (TPSA) is 32.3 Å². The van der Waals surface area contributed by atoms with Crippen molar-refractivity contribution in [1.29, 1.82) is 0 Å². The lowest BCUT2D eigenvalue weighted by atomic mass is 9.95. The third-order valence-electron chi connectivity index (χ3n) is 3.07. The summed E-state index contributed by atoms with van der Waals surface area (Å²) in [7, 11) is 0. The quantitative estimate of drug-likeness (QED) is 0.779. The minimum absolute atomic E-state index is 0.615. The molecular formula is C16H27NO. The highest BCUT2D eigenvalue weighted by molar-refractivity contribution is 5.23. The molecule has 1 aromatic rings. The number of aliphatic hydroxyl groups is 1. The van der Waals surface area contributed by atoms with Crippen molar-refractivity contribution in [1.82, 2.24) is 5.32 Å². The maximum Gasteiger partial charge on any atom is 0.0783 e. The Balaban J connectivity index is 2.47. The Morgan fingerprint density at radius 2 is 1.72 bits per heavy atom. The van der Waals surface area contributed by atoms with Crippen LogP contribution in [0.1, 0.15) is 38.8 Å². The predicted molar refractivity (Wildman–Crippen MR) is 77.9 cm³/mol. The van der Waals surface area contributed by atoms with E-state index in [4.69, 9.17) is 0 Å². The lowest BCUT2D eigenvalue weighted by Gasteiger charge is -2.24. The van der Waals surface area contributed by atoms with Crippen LogP contribution in [0.4, 0.5) is 0 Å². The summed E-state index contributed by atoms with van der Waals surface area (Å²) in [6.45, 7) is 9.98. The Kier molecular flexibility index (Phi) is 5.83. The van der Waals surface area contributed by atoms with Crippen LogP contribution in [0.5, 0.6) is 0 Å². The van der Waals surface area contributed by atoms with Crippen molar-refractivity contribution in [3.63, 3.8) is 0 Å². The smallest absolute Gasteiger partial charge is 0.0783 e. The van der Waals surface area contributed by atoms with Gasteiger partial charge in [-0.25, -0.2) is 0 Å². The summed E-state index contributed by atoms with van der Waals surface area (Å²) >= 11 is 0. The molecule has 0 aromatic heterocycles. The van der Waals surface area contributed by atoms with Gasteiger partial charge >= 0.3 is 0 Å². The molecule has 2 N–H and O–H groups in total. The highest BCUT2D eigenvalue weighted by Gasteiger charge is 2.20. The molecule has 0 amide bonds. The van der Waals surface area contributed by atoms with Crippen molar-refractivity contribution in [3.8, 4) is 0 Å². The molecule has 0 fully saturated rings. The molecule has 0 aliphatic carbocycles. The summed E-state index contributed by atoms with van der Waals surface area (Å²) in [5.41, 5.74) is 1.86. The number of benzene rings is 1. The van der Waals surface area contributed by atoms with E-state index >= 15 is 0 Å². The molecule has 0 spiro atoms. The number of nitrogens with one attached hydrogen (secondary N) is 1. The second-order valence-electron chi connectivity index (χ2n) is 5.87. The first-order valence-corrected chi connectivity index (χ1v) is 6.94. The number of hydrogen-bond acceptors (Lipinski definition) is 2. The van der Waals surface area contributed by atoms with Gasteiger partial charge in [0.2, 0.25) is 0 Å². The van der Waals surface area contributed by atoms with Gasteiger partial charge < -0.3 is 10.4 Å². The lowest BCUT2D eigenvalue weighted by molar-refractivity contribution is 0.0596. The SMILES string of the molecule is CCc1ccc(CC(C)(O)CNCC(C)C)cc1. The molecule has 0 aliphatic rings. The average Bonchev–Trinajstić information content (AvgIpc) is 2.28. The molecule has 2 heteroatoms. The van der Waals surface area contributed by atoms with Gasteiger partial charge in [-0.05, 0) is 36.9 Å². The Bertz CT molecular complexity index is 341. The molecule has 1 unspecified atom stereocenters. The summed E-state index contributed by atoms with van der Waals surface area (Å²) in [6, 6.07) is 8.53. The van der Waals surface area contributed by atoms with Gasteiger partial charge in [-0.15, -0.1) is 0 Å². The summed E-state index contributed by atoms with van der Waals surface area (Å²) in [4.78, 5) is 0. The van der Waals surface area contributed by atoms with Gasteiger partial charge in [-0.2, -0.15) is 0 Å². The summed E-state index contributed by atoms with van der Waals surface area (Å²) in [5, 5.41) is 13.7. The fourth-order valence-electron chi connectivity index (χ4n) is 2.03. The van der Waals surface area contributed by atoms with E-state index in [1.165, 1.54) is 11.1 Å². The second kappa shape index (κ2) is 6.91. The van der Waals surface area contributed by atoms with Crippen molar-refractivity contribution < 1.29 is 5.11 Å². The van der Waals surface area contributed by atoms with E-state index in [1.54, 1.807) is 0 Å². The zero-order valence-electron chi connectivity index (χ0n) is 12.2. The molecular weight excluding hydrogens is 222 g/mol. The number of aryl methyl sites for hydroxylation is 1. The molecule has 18 heavy (non-hydrogen) atoms. The lowest BCUT2D eigenvalue weighted by Crippen LogP contribution is -2.40. The number of rotatable bonds is 7. The third-order valence-corrected chi connectivity index (χ3v) is 3.07. The molecule has 0 bridgehead atoms. The molecule has 0 aliphatic heterocycles. The largest absolute Gasteiger partial charge is 0.389 e. The van der Waals surface area contributed by atoms with E-state index in [9.17, 15) is 5.11 Å². The predicted octanol–water partition coefficient (Wildman–Crippen LogP) is 2.79. The van der Waals surface area contributed by atoms with E-state index in [0.717, 1.165) is 13.0 Å². The first-order valence-electron chi connectivity index (χ1n) is 6.94. The van der Waals surface area contributed by atoms with Gasteiger partial charge in [-0.1, -0.05) is 45.0 Å². The fourth-order valence-corrected chi connectivity index (χ4v) is 2.03. The van der Waals surface area contributed by atoms with Gasteiger partial charge in [0.15, 0.2) is 0 Å². The first-order chi connectivity index (χ1) is 8.43. The maximum atomic E-state index is 10.3. The van der Waals surface area contributed by atoms with Gasteiger partial charge in [0, 0.05) is 13.0 Å². The molecule has 0 saturated heterocycles. The van der Waals surface area contributed by atoms with Crippen LogP contribution in [0, 0.1) is 5.92 Å². The summed E-state index contributed by atoms with van der Waals surface area (Å²) in [5.74, 6) is 0.615. The molecule has 1 rings (SSSR count). The first kappa shape index (κ1) is 15.2. The molecule has 0 radical (unpaired) electrons. The van der Waals surface area contributed by atoms with Gasteiger partial charge in [0.1, 0.15) is 0 Å². The molecule has 1 aromatic carbocycles. The van der Waals surface area contributed by atoms with Crippen LogP contribution < -0.4 is 5.32 Å². The van der Waals surface area contributed by atoms with Crippen molar-refractivity contribution in [2.24, 2.45) is 5.92 Å². The molecule has 1 atom stereocenters. The zero-order chi connectivity index (χ0) is 13.6. The Morgan fingerprint density at radius 1 is 1.17 bits per heavy atom. The van der Waals surface area contributed by atoms with Crippen molar-refractivity contribution in [2.45, 2.75) is 46.1 Å². The number of hydrogen-bond donors (Lipinski definition) is 2. The molecule has 0 saturated carbocycles. The zero-order valence-corrected chi connectivity index (χ0v) is 12.2. The normalized spacial score (nSPS) is 14.8. The van der Waals surface area contributed by atoms with E-state index in [0.29, 0.717) is 18.9 Å². The van der Waals surface area contributed by atoms with E-state index < -0.39 is 5.60 Å². The fraction of sp³-hybridized carbons (Fsp3) is 0.625. The van der Waals surface area contributed by atoms with Crippen LogP contribution in [0.2, 0.25) is 0 Å². The van der Waals surface area contributed by atoms with Crippen LogP contribution in [0.15, 0.2) is 24.3 Å². The molecule has 0 heterocycles. The van der Waals surface area contributed by atoms with Gasteiger partial charge in [-0.3, -0.25) is 0 Å². The Labute approximate surface area is 111 Å². The summed E-state index contributed by atoms with van der Waals surface area (Å²) in [6.07, 6.45) is 1.76. The average molecular weight is 249 g/mol. The minimum Gasteiger partial charge on any atom is -0.389 e. The van der Waals surface area contributed by atoms with E-state index in [-0.39, 0.29) is 0 Å². The summed E-state index contributed by atoms with van der Waals surface area (Å²) < 4.78 is 0. The monoisotopic (exact) mass is 249 g/mol. The van der Waals surface area contributed by atoms with Crippen LogP contribution >= 0.6 is 0 Å². The van der Waals surface area contributed by atoms with Crippen LogP contribution in [-0.4, -0.2) is 23.8 Å². The second-order valence-corrected chi connectivity index (χ2v) is 5.87. The van der Waals surface area contributed by atoms with Crippen molar-refractivity contribution >= 4 is 0 Å². The van der Waals surface area contributed by atoms with E-state index in [1.807, 2.05) is 6.92 Å². The van der Waals surface area contributed by atoms with Crippen LogP contribution in [0.3, 0.4) is 0 Å². The van der Waals surface area contributed by atoms with Gasteiger partial charge in [0.05, 0.1) is 5.60 Å². The minimum atomic E-state index is -0.678. The highest BCUT2D eigenvalue weighted by Crippen LogP contribution is 2.14. The Hall–Kier alpha value is -0.860. The van der Waals surface area contributed by atoms with Gasteiger partial charge in [0.25, 0.3) is 0 Å². The van der Waals surface area contributed by atoms with Crippen LogP contribution in [0.25, 0.3) is 0 Å². The molecule has 2 nitrogen and oxygen atoms in total. The van der Waals surface area contributed by atoms with Crippen molar-refractivity contribution in [3.05, 3.63) is 35.4 Å². The third kappa shape index (κ3) is 5.65. The van der Waals surface area contributed by atoms with E-state index in [2.05, 4.69) is 50.4 Å². The highest BCUT2D eigenvalue weighted by atomic mass is 16.3.